The van der Waals surface area contributed by atoms with Crippen molar-refractivity contribution in [2.75, 3.05) is 13.7 Å². The molecule has 0 saturated heterocycles. The number of carbonyl (C=O) groups excluding carboxylic acids is 2. The fourth-order valence-corrected chi connectivity index (χ4v) is 1.82. The molecule has 4 N–H and O–H groups in total. The number of alkyl carbamates (subject to hydrolysis) is 1. The Balaban J connectivity index is 2.41. The molecule has 1 aromatic rings. The first kappa shape index (κ1) is 17.0. The van der Waals surface area contributed by atoms with Gasteiger partial charge in [0, 0.05) is 0 Å². The number of unbranched alkanes of at least 4 members (excludes halogenated alkanes) is 1. The van der Waals surface area contributed by atoms with Gasteiger partial charge in [0.25, 0.3) is 0 Å². The van der Waals surface area contributed by atoms with Crippen molar-refractivity contribution in [3.63, 3.8) is 0 Å². The van der Waals surface area contributed by atoms with Crippen LogP contribution in [0.3, 0.4) is 0 Å². The van der Waals surface area contributed by atoms with Crippen LogP contribution in [0.1, 0.15) is 24.8 Å². The Kier molecular flexibility index (Phi) is 7.89. The molecule has 6 heteroatoms. The number of hydrogen-bond acceptors (Lipinski definition) is 4. The van der Waals surface area contributed by atoms with Crippen LogP contribution in [0.25, 0.3) is 0 Å². The van der Waals surface area contributed by atoms with Crippen LogP contribution in [0.5, 0.6) is 0 Å². The molecule has 1 rings (SSSR count). The van der Waals surface area contributed by atoms with Gasteiger partial charge in [-0.25, -0.2) is 9.59 Å². The van der Waals surface area contributed by atoms with E-state index in [1.54, 1.807) is 0 Å². The highest BCUT2D eigenvalue weighted by molar-refractivity contribution is 5.81. The first-order valence-corrected chi connectivity index (χ1v) is 7.01. The standard InChI is InChI=1S/C15H22N2O4/c1-20-14(18)13(9-5-6-10-16)17-15(19)21-11-12-7-3-2-4-8-12/h2-4,7-8,13H,5-6,9-11,16H2,1H3,(H,17,19)/p+1/t13-/m0/s1. The van der Waals surface area contributed by atoms with Crippen LogP contribution in [0.15, 0.2) is 30.3 Å². The van der Waals surface area contributed by atoms with E-state index in [0.717, 1.165) is 24.9 Å². The maximum absolute atomic E-state index is 11.7. The number of hydrogen-bond donors (Lipinski definition) is 2. The lowest BCUT2D eigenvalue weighted by molar-refractivity contribution is -0.368. The molecule has 0 aromatic heterocycles. The molecule has 0 heterocycles. The summed E-state index contributed by atoms with van der Waals surface area (Å²) in [5.41, 5.74) is 4.63. The monoisotopic (exact) mass is 295 g/mol. The zero-order valence-corrected chi connectivity index (χ0v) is 12.3. The van der Waals surface area contributed by atoms with Gasteiger partial charge in [-0.3, -0.25) is 0 Å². The van der Waals surface area contributed by atoms with Crippen LogP contribution in [-0.2, 0) is 20.9 Å². The third-order valence-corrected chi connectivity index (χ3v) is 2.98. The number of nitrogens with one attached hydrogen (secondary N) is 1. The van der Waals surface area contributed by atoms with Crippen molar-refractivity contribution in [2.45, 2.75) is 31.9 Å². The van der Waals surface area contributed by atoms with E-state index in [0.29, 0.717) is 6.42 Å². The van der Waals surface area contributed by atoms with Gasteiger partial charge in [0.05, 0.1) is 13.7 Å². The molecule has 0 unspecified atom stereocenters. The van der Waals surface area contributed by atoms with E-state index in [4.69, 9.17) is 4.74 Å². The molecule has 1 atom stereocenters. The molecule has 0 saturated carbocycles. The number of methoxy groups -OCH3 is 1. The molecular weight excluding hydrogens is 272 g/mol. The molecule has 0 bridgehead atoms. The predicted octanol–water partition coefficient (Wildman–Crippen LogP) is 0.867. The zero-order valence-electron chi connectivity index (χ0n) is 12.3. The summed E-state index contributed by atoms with van der Waals surface area (Å²) >= 11 is 0. The minimum atomic E-state index is -0.676. The summed E-state index contributed by atoms with van der Waals surface area (Å²) in [5.74, 6) is -0.462. The zero-order chi connectivity index (χ0) is 15.5. The second kappa shape index (κ2) is 9.77. The first-order valence-electron chi connectivity index (χ1n) is 7.01. The van der Waals surface area contributed by atoms with Gasteiger partial charge in [0.2, 0.25) is 0 Å². The fourth-order valence-electron chi connectivity index (χ4n) is 1.82. The first-order chi connectivity index (χ1) is 10.2. The molecular formula is C15H23N2O4+. The third-order valence-electron chi connectivity index (χ3n) is 2.98. The Bertz CT molecular complexity index is 437. The van der Waals surface area contributed by atoms with Crippen LogP contribution >= 0.6 is 0 Å². The van der Waals surface area contributed by atoms with Crippen LogP contribution in [0, 0.1) is 0 Å². The van der Waals surface area contributed by atoms with Crippen molar-refractivity contribution in [3.8, 4) is 0 Å². The van der Waals surface area contributed by atoms with E-state index in [1.165, 1.54) is 7.11 Å². The normalized spacial score (nSPS) is 11.5. The quantitative estimate of drug-likeness (QED) is 0.550. The Hall–Kier alpha value is -2.08. The molecule has 0 spiro atoms. The Morgan fingerprint density at radius 2 is 1.95 bits per heavy atom. The fraction of sp³-hybridized carbons (Fsp3) is 0.467. The Labute approximate surface area is 124 Å². The van der Waals surface area contributed by atoms with Crippen molar-refractivity contribution in [1.29, 1.82) is 0 Å². The number of amides is 1. The Morgan fingerprint density at radius 3 is 2.57 bits per heavy atom. The van der Waals surface area contributed by atoms with Crippen molar-refractivity contribution < 1.29 is 24.8 Å². The number of carbonyl (C=O) groups is 2. The van der Waals surface area contributed by atoms with Gasteiger partial charge >= 0.3 is 12.1 Å². The van der Waals surface area contributed by atoms with E-state index in [1.807, 2.05) is 30.3 Å². The summed E-state index contributed by atoms with van der Waals surface area (Å²) in [6.45, 7) is 0.964. The number of benzene rings is 1. The average Bonchev–Trinajstić information content (AvgIpc) is 2.52. The predicted molar refractivity (Wildman–Crippen MR) is 77.2 cm³/mol. The molecule has 21 heavy (non-hydrogen) atoms. The van der Waals surface area contributed by atoms with E-state index < -0.39 is 18.1 Å². The molecule has 1 amide bonds. The smallest absolute Gasteiger partial charge is 0.408 e. The summed E-state index contributed by atoms with van der Waals surface area (Å²) in [6, 6.07) is 8.67. The van der Waals surface area contributed by atoms with Crippen LogP contribution in [0.2, 0.25) is 0 Å². The lowest BCUT2D eigenvalue weighted by atomic mass is 10.1. The molecule has 0 aliphatic rings. The number of quaternary nitrogens is 1. The summed E-state index contributed by atoms with van der Waals surface area (Å²) in [5, 5.41) is 2.54. The summed E-state index contributed by atoms with van der Waals surface area (Å²) in [7, 11) is 1.30. The van der Waals surface area contributed by atoms with E-state index in [2.05, 4.69) is 15.8 Å². The highest BCUT2D eigenvalue weighted by atomic mass is 16.6. The molecule has 6 nitrogen and oxygen atoms in total. The van der Waals surface area contributed by atoms with Gasteiger partial charge in [0.15, 0.2) is 0 Å². The minimum Gasteiger partial charge on any atom is -0.467 e. The lowest BCUT2D eigenvalue weighted by Gasteiger charge is -2.16. The average molecular weight is 295 g/mol. The minimum absolute atomic E-state index is 0.166. The van der Waals surface area contributed by atoms with Crippen LogP contribution in [0.4, 0.5) is 4.79 Å². The van der Waals surface area contributed by atoms with E-state index in [9.17, 15) is 9.59 Å². The second-order valence-electron chi connectivity index (χ2n) is 4.63. The molecule has 0 radical (unpaired) electrons. The second-order valence-corrected chi connectivity index (χ2v) is 4.63. The third kappa shape index (κ3) is 6.76. The van der Waals surface area contributed by atoms with Crippen molar-refractivity contribution in [2.24, 2.45) is 0 Å². The molecule has 116 valence electrons. The topological polar surface area (TPSA) is 92.3 Å². The molecule has 0 aliphatic heterocycles. The Morgan fingerprint density at radius 1 is 1.24 bits per heavy atom. The maximum atomic E-state index is 11.7. The summed E-state index contributed by atoms with van der Waals surface area (Å²) < 4.78 is 9.77. The van der Waals surface area contributed by atoms with Gasteiger partial charge in [0.1, 0.15) is 12.6 Å². The number of esters is 1. The van der Waals surface area contributed by atoms with Crippen molar-refractivity contribution in [3.05, 3.63) is 35.9 Å². The summed E-state index contributed by atoms with van der Waals surface area (Å²) in [6.07, 6.45) is 1.59. The van der Waals surface area contributed by atoms with E-state index >= 15 is 0 Å². The van der Waals surface area contributed by atoms with Crippen molar-refractivity contribution in [1.82, 2.24) is 5.32 Å². The largest absolute Gasteiger partial charge is 0.467 e. The van der Waals surface area contributed by atoms with Crippen LogP contribution < -0.4 is 11.1 Å². The van der Waals surface area contributed by atoms with Crippen LogP contribution in [-0.4, -0.2) is 31.8 Å². The maximum Gasteiger partial charge on any atom is 0.408 e. The molecule has 0 aliphatic carbocycles. The van der Waals surface area contributed by atoms with Gasteiger partial charge < -0.3 is 20.5 Å². The van der Waals surface area contributed by atoms with Gasteiger partial charge in [-0.2, -0.15) is 0 Å². The number of rotatable bonds is 8. The number of ether oxygens (including phenoxy) is 2. The highest BCUT2D eigenvalue weighted by Gasteiger charge is 2.21. The highest BCUT2D eigenvalue weighted by Crippen LogP contribution is 2.04. The van der Waals surface area contributed by atoms with E-state index in [-0.39, 0.29) is 6.61 Å². The summed E-state index contributed by atoms with van der Waals surface area (Å²) in [4.78, 5) is 23.3. The van der Waals surface area contributed by atoms with Gasteiger partial charge in [-0.05, 0) is 24.8 Å². The van der Waals surface area contributed by atoms with Gasteiger partial charge in [-0.15, -0.1) is 0 Å². The SMILES string of the molecule is COC(=O)[C@H](CCCC[NH3+])NC(=O)OCc1ccccc1. The molecule has 1 aromatic carbocycles. The molecule has 0 fully saturated rings. The van der Waals surface area contributed by atoms with Gasteiger partial charge in [-0.1, -0.05) is 30.3 Å². The van der Waals surface area contributed by atoms with Crippen molar-refractivity contribution >= 4 is 12.1 Å². The lowest BCUT2D eigenvalue weighted by Crippen LogP contribution is -2.50.